The van der Waals surface area contributed by atoms with Gasteiger partial charge in [-0.1, -0.05) is 0 Å². The van der Waals surface area contributed by atoms with E-state index in [0.717, 1.165) is 0 Å². The summed E-state index contributed by atoms with van der Waals surface area (Å²) in [6, 6.07) is 3.45. The lowest BCUT2D eigenvalue weighted by molar-refractivity contribution is 0.486. The van der Waals surface area contributed by atoms with Crippen LogP contribution in [0.4, 0.5) is 0 Å². The number of furan rings is 1. The van der Waals surface area contributed by atoms with E-state index < -0.39 is 0 Å². The number of tetrazole rings is 1. The van der Waals surface area contributed by atoms with Gasteiger partial charge in [-0.3, -0.25) is 0 Å². The third kappa shape index (κ3) is 1.12. The summed E-state index contributed by atoms with van der Waals surface area (Å²) in [5.41, 5.74) is 0. The average molecular weight is 168 g/mol. The van der Waals surface area contributed by atoms with Crippen molar-refractivity contribution in [2.24, 2.45) is 0 Å². The molecule has 0 spiro atoms. The largest absolute Gasteiger partial charge is 0.447 e. The maximum Gasteiger partial charge on any atom is 0.239 e. The Balaban J connectivity index is 2.45. The van der Waals surface area contributed by atoms with Crippen molar-refractivity contribution in [1.29, 1.82) is 0 Å². The van der Waals surface area contributed by atoms with E-state index in [0.29, 0.717) is 16.7 Å². The molecule has 0 fully saturated rings. The number of rotatable bonds is 1. The highest BCUT2D eigenvalue weighted by molar-refractivity contribution is 7.80. The number of H-pyrrole nitrogens is 1. The molecule has 2 aromatic heterocycles. The number of aromatic amines is 1. The highest BCUT2D eigenvalue weighted by atomic mass is 32.1. The Morgan fingerprint density at radius 1 is 1.45 bits per heavy atom. The second-order valence-corrected chi connectivity index (χ2v) is 2.31. The Kier molecular flexibility index (Phi) is 1.39. The van der Waals surface area contributed by atoms with E-state index in [4.69, 9.17) is 4.42 Å². The number of aromatic nitrogens is 4. The Hall–Kier alpha value is -1.30. The molecule has 0 aliphatic rings. The summed E-state index contributed by atoms with van der Waals surface area (Å²) >= 11 is 3.98. The predicted octanol–water partition coefficient (Wildman–Crippen LogP) is 0.748. The summed E-state index contributed by atoms with van der Waals surface area (Å²) in [7, 11) is 0. The van der Waals surface area contributed by atoms with Crippen LogP contribution in [0, 0.1) is 0 Å². The van der Waals surface area contributed by atoms with E-state index in [1.807, 2.05) is 0 Å². The first-order chi connectivity index (χ1) is 5.36. The number of nitrogens with one attached hydrogen (secondary N) is 1. The topological polar surface area (TPSA) is 67.6 Å². The quantitative estimate of drug-likeness (QED) is 0.616. The van der Waals surface area contributed by atoms with Crippen LogP contribution in [0.3, 0.4) is 0 Å². The third-order valence-electron chi connectivity index (χ3n) is 1.16. The van der Waals surface area contributed by atoms with Crippen LogP contribution in [0.15, 0.2) is 21.6 Å². The third-order valence-corrected chi connectivity index (χ3v) is 1.40. The standard InChI is InChI=1S/C5H4N4OS/c11-4-2-1-3(10-4)5-6-8-9-7-5/h1-2,11H,(H,6,7,8,9). The van der Waals surface area contributed by atoms with Crippen LogP contribution in [0.1, 0.15) is 0 Å². The molecule has 0 radical (unpaired) electrons. The molecule has 0 amide bonds. The van der Waals surface area contributed by atoms with Gasteiger partial charge in [-0.25, -0.2) is 0 Å². The lowest BCUT2D eigenvalue weighted by Crippen LogP contribution is -1.75. The molecule has 0 saturated carbocycles. The van der Waals surface area contributed by atoms with Gasteiger partial charge in [0, 0.05) is 0 Å². The summed E-state index contributed by atoms with van der Waals surface area (Å²) in [4.78, 5) is 0. The van der Waals surface area contributed by atoms with Crippen molar-refractivity contribution < 1.29 is 4.42 Å². The van der Waals surface area contributed by atoms with Gasteiger partial charge in [0.25, 0.3) is 0 Å². The first kappa shape index (κ1) is 6.41. The van der Waals surface area contributed by atoms with Crippen molar-refractivity contribution in [3.05, 3.63) is 12.1 Å². The van der Waals surface area contributed by atoms with E-state index >= 15 is 0 Å². The van der Waals surface area contributed by atoms with Gasteiger partial charge >= 0.3 is 0 Å². The zero-order chi connectivity index (χ0) is 7.68. The van der Waals surface area contributed by atoms with Gasteiger partial charge in [-0.15, -0.1) is 22.8 Å². The minimum absolute atomic E-state index is 0.435. The molecule has 0 atom stereocenters. The number of hydrogen-bond acceptors (Lipinski definition) is 5. The van der Waals surface area contributed by atoms with Gasteiger partial charge < -0.3 is 4.42 Å². The first-order valence-electron chi connectivity index (χ1n) is 2.89. The molecule has 2 aromatic rings. The molecule has 0 aromatic carbocycles. The van der Waals surface area contributed by atoms with Gasteiger partial charge in [0.15, 0.2) is 10.9 Å². The molecule has 0 bridgehead atoms. The molecule has 56 valence electrons. The van der Waals surface area contributed by atoms with Crippen LogP contribution >= 0.6 is 12.6 Å². The lowest BCUT2D eigenvalue weighted by atomic mass is 10.4. The van der Waals surface area contributed by atoms with E-state index in [-0.39, 0.29) is 0 Å². The summed E-state index contributed by atoms with van der Waals surface area (Å²) in [6.45, 7) is 0. The molecule has 0 aliphatic heterocycles. The molecule has 2 heterocycles. The van der Waals surface area contributed by atoms with Gasteiger partial charge in [0.05, 0.1) is 0 Å². The number of hydrogen-bond donors (Lipinski definition) is 2. The molecule has 2 rings (SSSR count). The number of thiol groups is 1. The SMILES string of the molecule is Sc1ccc(-c2nn[nH]n2)o1. The van der Waals surface area contributed by atoms with E-state index in [1.165, 1.54) is 0 Å². The fourth-order valence-corrected chi connectivity index (χ4v) is 0.887. The van der Waals surface area contributed by atoms with Crippen molar-refractivity contribution in [2.75, 3.05) is 0 Å². The van der Waals surface area contributed by atoms with Crippen molar-refractivity contribution in [3.63, 3.8) is 0 Å². The smallest absolute Gasteiger partial charge is 0.239 e. The molecule has 1 N–H and O–H groups in total. The molecular formula is C5H4N4OS. The van der Waals surface area contributed by atoms with Gasteiger partial charge in [0.1, 0.15) is 0 Å². The van der Waals surface area contributed by atoms with Crippen LogP contribution in [0.2, 0.25) is 0 Å². The van der Waals surface area contributed by atoms with Crippen LogP contribution < -0.4 is 0 Å². The zero-order valence-electron chi connectivity index (χ0n) is 5.35. The van der Waals surface area contributed by atoms with Crippen LogP contribution in [0.5, 0.6) is 0 Å². The summed E-state index contributed by atoms with van der Waals surface area (Å²) in [5, 5.41) is 13.7. The molecule has 0 saturated heterocycles. The fraction of sp³-hybridized carbons (Fsp3) is 0. The van der Waals surface area contributed by atoms with Gasteiger partial charge in [-0.05, 0) is 17.3 Å². The summed E-state index contributed by atoms with van der Waals surface area (Å²) in [6.07, 6.45) is 0. The van der Waals surface area contributed by atoms with E-state index in [2.05, 4.69) is 33.3 Å². The van der Waals surface area contributed by atoms with Crippen molar-refractivity contribution in [3.8, 4) is 11.6 Å². The Bertz CT molecular complexity index is 341. The fourth-order valence-electron chi connectivity index (χ4n) is 0.714. The average Bonchev–Trinajstić information content (AvgIpc) is 2.55. The Labute approximate surface area is 67.2 Å². The van der Waals surface area contributed by atoms with Gasteiger partial charge in [-0.2, -0.15) is 5.21 Å². The second kappa shape index (κ2) is 2.39. The van der Waals surface area contributed by atoms with E-state index in [9.17, 15) is 0 Å². The molecule has 0 unspecified atom stereocenters. The molecular weight excluding hydrogens is 164 g/mol. The van der Waals surface area contributed by atoms with Crippen molar-refractivity contribution >= 4 is 12.6 Å². The number of nitrogens with zero attached hydrogens (tertiary/aromatic N) is 3. The molecule has 5 nitrogen and oxygen atoms in total. The highest BCUT2D eigenvalue weighted by Crippen LogP contribution is 2.18. The molecule has 6 heteroatoms. The van der Waals surface area contributed by atoms with Crippen LogP contribution in [0.25, 0.3) is 11.6 Å². The van der Waals surface area contributed by atoms with Crippen LogP contribution in [-0.4, -0.2) is 20.6 Å². The monoisotopic (exact) mass is 168 g/mol. The highest BCUT2D eigenvalue weighted by Gasteiger charge is 2.05. The summed E-state index contributed by atoms with van der Waals surface area (Å²) < 4.78 is 5.11. The van der Waals surface area contributed by atoms with Crippen molar-refractivity contribution in [1.82, 2.24) is 20.6 Å². The van der Waals surface area contributed by atoms with Crippen molar-refractivity contribution in [2.45, 2.75) is 5.09 Å². The van der Waals surface area contributed by atoms with E-state index in [1.54, 1.807) is 12.1 Å². The lowest BCUT2D eigenvalue weighted by Gasteiger charge is -1.82. The normalized spacial score (nSPS) is 10.3. The Morgan fingerprint density at radius 3 is 2.91 bits per heavy atom. The minimum atomic E-state index is 0.435. The first-order valence-corrected chi connectivity index (χ1v) is 3.33. The molecule has 0 aliphatic carbocycles. The minimum Gasteiger partial charge on any atom is -0.447 e. The predicted molar refractivity (Wildman–Crippen MR) is 39.1 cm³/mol. The second-order valence-electron chi connectivity index (χ2n) is 1.87. The maximum atomic E-state index is 5.11. The maximum absolute atomic E-state index is 5.11. The van der Waals surface area contributed by atoms with Gasteiger partial charge in [0.2, 0.25) is 5.82 Å². The zero-order valence-corrected chi connectivity index (χ0v) is 6.25. The van der Waals surface area contributed by atoms with Crippen LogP contribution in [-0.2, 0) is 0 Å². The molecule has 11 heavy (non-hydrogen) atoms. The summed E-state index contributed by atoms with van der Waals surface area (Å²) in [5.74, 6) is 0.994. The Morgan fingerprint density at radius 2 is 2.36 bits per heavy atom.